The second-order valence-electron chi connectivity index (χ2n) is 4.52. The molecule has 88 valence electrons. The first-order chi connectivity index (χ1) is 8.36. The smallest absolute Gasteiger partial charge is 0.0946 e. The van der Waals surface area contributed by atoms with E-state index in [0.29, 0.717) is 0 Å². The van der Waals surface area contributed by atoms with Crippen molar-refractivity contribution in [2.75, 3.05) is 18.0 Å². The molecule has 0 bridgehead atoms. The van der Waals surface area contributed by atoms with Crippen molar-refractivity contribution in [1.82, 2.24) is 4.98 Å². The summed E-state index contributed by atoms with van der Waals surface area (Å²) in [6.07, 6.45) is 5.87. The summed E-state index contributed by atoms with van der Waals surface area (Å²) < 4.78 is 1.32. The van der Waals surface area contributed by atoms with E-state index in [1.807, 2.05) is 12.3 Å². The van der Waals surface area contributed by atoms with E-state index in [4.69, 9.17) is 0 Å². The van der Waals surface area contributed by atoms with Crippen molar-refractivity contribution in [2.24, 2.45) is 0 Å². The van der Waals surface area contributed by atoms with Crippen molar-refractivity contribution >= 4 is 39.2 Å². The van der Waals surface area contributed by atoms with Crippen LogP contribution in [0.25, 0.3) is 10.9 Å². The Morgan fingerprint density at radius 3 is 2.71 bits per heavy atom. The molecule has 0 aliphatic carbocycles. The molecule has 0 unspecified atom stereocenters. The van der Waals surface area contributed by atoms with Gasteiger partial charge in [0.25, 0.3) is 0 Å². The molecule has 1 aliphatic heterocycles. The highest BCUT2D eigenvalue weighted by Crippen LogP contribution is 2.32. The Morgan fingerprint density at radius 2 is 1.88 bits per heavy atom. The summed E-state index contributed by atoms with van der Waals surface area (Å²) in [5.74, 6) is 0. The number of nitrogens with zero attached hydrogens (tertiary/aromatic N) is 2. The summed E-state index contributed by atoms with van der Waals surface area (Å²) in [7, 11) is 0. The highest BCUT2D eigenvalue weighted by Gasteiger charge is 2.16. The van der Waals surface area contributed by atoms with Gasteiger partial charge in [0.2, 0.25) is 0 Å². The monoisotopic (exact) mass is 338 g/mol. The maximum absolute atomic E-state index is 4.57. The van der Waals surface area contributed by atoms with Gasteiger partial charge in [-0.05, 0) is 54.0 Å². The molecule has 1 saturated heterocycles. The van der Waals surface area contributed by atoms with Crippen molar-refractivity contribution in [3.8, 4) is 0 Å². The van der Waals surface area contributed by atoms with E-state index in [9.17, 15) is 0 Å². The average molecular weight is 338 g/mol. The molecule has 2 aromatic rings. The third kappa shape index (κ3) is 2.12. The number of hydrogen-bond donors (Lipinski definition) is 0. The molecule has 2 nitrogen and oxygen atoms in total. The fourth-order valence-corrected chi connectivity index (χ4v) is 3.30. The SMILES string of the molecule is Ic1ccc2cccnc2c1N1CCCCC1. The highest BCUT2D eigenvalue weighted by molar-refractivity contribution is 14.1. The number of piperidine rings is 1. The molecule has 1 fully saturated rings. The molecule has 1 aromatic heterocycles. The van der Waals surface area contributed by atoms with Crippen LogP contribution < -0.4 is 4.90 Å². The highest BCUT2D eigenvalue weighted by atomic mass is 127. The Hall–Kier alpha value is -0.840. The van der Waals surface area contributed by atoms with Crippen molar-refractivity contribution in [1.29, 1.82) is 0 Å². The van der Waals surface area contributed by atoms with Gasteiger partial charge >= 0.3 is 0 Å². The molecule has 1 aliphatic rings. The van der Waals surface area contributed by atoms with Gasteiger partial charge in [0.1, 0.15) is 0 Å². The number of aromatic nitrogens is 1. The maximum Gasteiger partial charge on any atom is 0.0946 e. The van der Waals surface area contributed by atoms with Crippen LogP contribution in [0.2, 0.25) is 0 Å². The van der Waals surface area contributed by atoms with Gasteiger partial charge in [-0.25, -0.2) is 0 Å². The van der Waals surface area contributed by atoms with E-state index in [1.165, 1.54) is 47.0 Å². The van der Waals surface area contributed by atoms with E-state index in [1.54, 1.807) is 0 Å². The van der Waals surface area contributed by atoms with Crippen molar-refractivity contribution in [3.05, 3.63) is 34.0 Å². The summed E-state index contributed by atoms with van der Waals surface area (Å²) in [4.78, 5) is 7.07. The van der Waals surface area contributed by atoms with Gasteiger partial charge in [0.05, 0.1) is 11.2 Å². The van der Waals surface area contributed by atoms with Gasteiger partial charge in [-0.1, -0.05) is 12.1 Å². The minimum Gasteiger partial charge on any atom is -0.369 e. The van der Waals surface area contributed by atoms with Crippen LogP contribution >= 0.6 is 22.6 Å². The van der Waals surface area contributed by atoms with Crippen molar-refractivity contribution < 1.29 is 0 Å². The lowest BCUT2D eigenvalue weighted by atomic mass is 10.1. The maximum atomic E-state index is 4.57. The van der Waals surface area contributed by atoms with Crippen molar-refractivity contribution in [3.63, 3.8) is 0 Å². The number of hydrogen-bond acceptors (Lipinski definition) is 2. The normalized spacial score (nSPS) is 16.4. The number of rotatable bonds is 1. The van der Waals surface area contributed by atoms with E-state index in [2.05, 4.69) is 50.7 Å². The quantitative estimate of drug-likeness (QED) is 0.735. The van der Waals surface area contributed by atoms with Crippen LogP contribution in [0.15, 0.2) is 30.5 Å². The Balaban J connectivity index is 2.15. The molecular weight excluding hydrogens is 323 g/mol. The van der Waals surface area contributed by atoms with E-state index >= 15 is 0 Å². The molecular formula is C14H15IN2. The van der Waals surface area contributed by atoms with Crippen LogP contribution in [-0.2, 0) is 0 Å². The van der Waals surface area contributed by atoms with Crippen LogP contribution in [0, 0.1) is 3.57 Å². The molecule has 1 aromatic carbocycles. The largest absolute Gasteiger partial charge is 0.369 e. The topological polar surface area (TPSA) is 16.1 Å². The van der Waals surface area contributed by atoms with Gasteiger partial charge in [0, 0.05) is 28.2 Å². The van der Waals surface area contributed by atoms with Crippen LogP contribution in [0.3, 0.4) is 0 Å². The number of halogens is 1. The standard InChI is InChI=1S/C14H15IN2/c15-12-7-6-11-5-4-8-16-13(11)14(12)17-9-2-1-3-10-17/h4-8H,1-3,9-10H2. The van der Waals surface area contributed by atoms with Gasteiger partial charge in [-0.3, -0.25) is 4.98 Å². The predicted molar refractivity (Wildman–Crippen MR) is 80.5 cm³/mol. The van der Waals surface area contributed by atoms with Crippen LogP contribution in [-0.4, -0.2) is 18.1 Å². The van der Waals surface area contributed by atoms with E-state index in [-0.39, 0.29) is 0 Å². The predicted octanol–water partition coefficient (Wildman–Crippen LogP) is 3.83. The fraction of sp³-hybridized carbons (Fsp3) is 0.357. The summed E-state index contributed by atoms with van der Waals surface area (Å²) in [5, 5.41) is 1.24. The van der Waals surface area contributed by atoms with Crippen LogP contribution in [0.4, 0.5) is 5.69 Å². The zero-order chi connectivity index (χ0) is 11.7. The first kappa shape index (κ1) is 11.3. The van der Waals surface area contributed by atoms with Gasteiger partial charge in [-0.15, -0.1) is 0 Å². The van der Waals surface area contributed by atoms with Gasteiger partial charge < -0.3 is 4.90 Å². The molecule has 0 amide bonds. The molecule has 17 heavy (non-hydrogen) atoms. The molecule has 0 radical (unpaired) electrons. The number of anilines is 1. The zero-order valence-corrected chi connectivity index (χ0v) is 11.9. The number of benzene rings is 1. The number of fused-ring (bicyclic) bond motifs is 1. The van der Waals surface area contributed by atoms with E-state index in [0.717, 1.165) is 5.52 Å². The van der Waals surface area contributed by atoms with Gasteiger partial charge in [0.15, 0.2) is 0 Å². The summed E-state index contributed by atoms with van der Waals surface area (Å²) >= 11 is 2.43. The number of pyridine rings is 1. The average Bonchev–Trinajstić information content (AvgIpc) is 2.39. The second kappa shape index (κ2) is 4.80. The molecule has 2 heterocycles. The molecule has 0 saturated carbocycles. The Morgan fingerprint density at radius 1 is 1.06 bits per heavy atom. The minimum atomic E-state index is 1.15. The zero-order valence-electron chi connectivity index (χ0n) is 9.69. The lowest BCUT2D eigenvalue weighted by Gasteiger charge is -2.30. The van der Waals surface area contributed by atoms with Gasteiger partial charge in [-0.2, -0.15) is 0 Å². The third-order valence-corrected chi connectivity index (χ3v) is 4.24. The molecule has 0 atom stereocenters. The Bertz CT molecular complexity index is 533. The Kier molecular flexibility index (Phi) is 3.18. The van der Waals surface area contributed by atoms with Crippen molar-refractivity contribution in [2.45, 2.75) is 19.3 Å². The minimum absolute atomic E-state index is 1.15. The molecule has 3 heteroatoms. The first-order valence-electron chi connectivity index (χ1n) is 6.14. The Labute approximate surface area is 115 Å². The summed E-state index contributed by atoms with van der Waals surface area (Å²) in [6, 6.07) is 8.52. The lowest BCUT2D eigenvalue weighted by Crippen LogP contribution is -2.30. The molecule has 3 rings (SSSR count). The van der Waals surface area contributed by atoms with Crippen LogP contribution in [0.5, 0.6) is 0 Å². The summed E-state index contributed by atoms with van der Waals surface area (Å²) in [5.41, 5.74) is 2.49. The van der Waals surface area contributed by atoms with E-state index < -0.39 is 0 Å². The first-order valence-corrected chi connectivity index (χ1v) is 7.22. The molecule has 0 N–H and O–H groups in total. The third-order valence-electron chi connectivity index (χ3n) is 3.37. The fourth-order valence-electron chi connectivity index (χ4n) is 2.52. The summed E-state index contributed by atoms with van der Waals surface area (Å²) in [6.45, 7) is 2.34. The lowest BCUT2D eigenvalue weighted by molar-refractivity contribution is 0.578. The molecule has 0 spiro atoms. The second-order valence-corrected chi connectivity index (χ2v) is 5.68. The van der Waals surface area contributed by atoms with Crippen LogP contribution in [0.1, 0.15) is 19.3 Å².